The third-order valence-corrected chi connectivity index (χ3v) is 0. The van der Waals surface area contributed by atoms with E-state index in [0.717, 1.165) is 0 Å². The van der Waals surface area contributed by atoms with Crippen LogP contribution >= 0.6 is 0 Å². The van der Waals surface area contributed by atoms with Gasteiger partial charge in [0.25, 0.3) is 0 Å². The van der Waals surface area contributed by atoms with Crippen molar-refractivity contribution >= 4 is 0 Å². The molecular formula is Cl3O9Yb. The summed E-state index contributed by atoms with van der Waals surface area (Å²) in [5.74, 6) is 0. The molecule has 0 aromatic heterocycles. The predicted molar refractivity (Wildman–Crippen MR) is 0 cm³/mol. The van der Waals surface area contributed by atoms with E-state index in [9.17, 15) is 0 Å². The normalized spacial score (nSPS) is 8.31. The number of hydrogen-bond donors (Lipinski definition) is 0. The summed E-state index contributed by atoms with van der Waals surface area (Å²) < 4.78 is 75.7. The van der Waals surface area contributed by atoms with Crippen LogP contribution in [0.15, 0.2) is 0 Å². The number of halogens is 3. The maximum Gasteiger partial charge on any atom is 3.00 e. The van der Waals surface area contributed by atoms with Crippen molar-refractivity contribution in [2.75, 3.05) is 0 Å². The molecule has 13 heavy (non-hydrogen) atoms. The van der Waals surface area contributed by atoms with Crippen LogP contribution in [0.5, 0.6) is 0 Å². The Morgan fingerprint density at radius 1 is 0.385 bits per heavy atom. The van der Waals surface area contributed by atoms with Crippen LogP contribution in [-0.4, -0.2) is 0 Å². The van der Waals surface area contributed by atoms with Crippen molar-refractivity contribution in [3.05, 3.63) is 0 Å². The fourth-order valence-corrected chi connectivity index (χ4v) is 0. The number of hydrogen-bond acceptors (Lipinski definition) is 9. The van der Waals surface area contributed by atoms with E-state index in [2.05, 4.69) is 0 Å². The molecule has 0 saturated heterocycles. The van der Waals surface area contributed by atoms with Gasteiger partial charge in [0.1, 0.15) is 0 Å². The number of rotatable bonds is 0. The van der Waals surface area contributed by atoms with E-state index in [4.69, 9.17) is 41.9 Å². The molecule has 0 amide bonds. The minimum Gasteiger partial charge on any atom is -0.357 e. The van der Waals surface area contributed by atoms with Gasteiger partial charge in [-0.3, -0.25) is 0 Å². The Morgan fingerprint density at radius 2 is 0.385 bits per heavy atom. The zero-order valence-electron chi connectivity index (χ0n) is 5.08. The molecule has 0 bridgehead atoms. The molecule has 0 fully saturated rings. The van der Waals surface area contributed by atoms with Crippen LogP contribution in [0, 0.1) is 79.3 Å². The Balaban J connectivity index is -0.0000000450. The van der Waals surface area contributed by atoms with Crippen molar-refractivity contribution in [3.63, 3.8) is 0 Å². The molecular weight excluding hydrogens is 423 g/mol. The molecule has 89 valence electrons. The summed E-state index contributed by atoms with van der Waals surface area (Å²) in [5.41, 5.74) is 0. The zero-order chi connectivity index (χ0) is 10.7. The summed E-state index contributed by atoms with van der Waals surface area (Å²) in [5, 5.41) is 0. The van der Waals surface area contributed by atoms with Gasteiger partial charge in [0, 0.05) is 0 Å². The average molecular weight is 423 g/mol. The fourth-order valence-electron chi connectivity index (χ4n) is 0. The standard InChI is InChI=1S/3ClO3.Yb/c3*2-1(3)4;/q3*-1;+3. The third-order valence-electron chi connectivity index (χ3n) is 0. The van der Waals surface area contributed by atoms with Gasteiger partial charge in [-0.2, -0.15) is 0 Å². The van der Waals surface area contributed by atoms with Gasteiger partial charge in [-0.1, -0.05) is 0 Å². The minimum absolute atomic E-state index is 0. The van der Waals surface area contributed by atoms with E-state index in [0.29, 0.717) is 0 Å². The molecule has 0 aliphatic rings. The molecule has 0 unspecified atom stereocenters. The Kier molecular flexibility index (Phi) is 36.6. The second kappa shape index (κ2) is 19.6. The van der Waals surface area contributed by atoms with Crippen LogP contribution in [0.25, 0.3) is 0 Å². The van der Waals surface area contributed by atoms with Crippen LogP contribution in [0.4, 0.5) is 0 Å². The molecule has 0 aromatic rings. The quantitative estimate of drug-likeness (QED) is 0.362. The first-order valence-corrected chi connectivity index (χ1v) is 4.17. The summed E-state index contributed by atoms with van der Waals surface area (Å²) in [6.07, 6.45) is 0. The van der Waals surface area contributed by atoms with Crippen molar-refractivity contribution in [2.24, 2.45) is 0 Å². The molecule has 0 N–H and O–H groups in total. The molecule has 9 nitrogen and oxygen atoms in total. The van der Waals surface area contributed by atoms with Crippen molar-refractivity contribution < 1.29 is 121 Å². The van der Waals surface area contributed by atoms with Gasteiger partial charge in [0.2, 0.25) is 0 Å². The summed E-state index contributed by atoms with van der Waals surface area (Å²) in [6, 6.07) is 0. The molecule has 0 aromatic carbocycles. The largest absolute Gasteiger partial charge is 3.00 e. The van der Waals surface area contributed by atoms with Crippen LogP contribution < -0.4 is 41.9 Å². The molecule has 13 heteroatoms. The first kappa shape index (κ1) is 24.3. The minimum atomic E-state index is -2.85. The summed E-state index contributed by atoms with van der Waals surface area (Å²) >= 11 is 0. The molecule has 0 rings (SSSR count). The summed E-state index contributed by atoms with van der Waals surface area (Å²) in [6.45, 7) is 0. The van der Waals surface area contributed by atoms with Crippen molar-refractivity contribution in [2.45, 2.75) is 0 Å². The Labute approximate surface area is 120 Å². The van der Waals surface area contributed by atoms with Crippen molar-refractivity contribution in [1.82, 2.24) is 0 Å². The molecule has 0 heterocycles. The SMILES string of the molecule is [O-][Cl+2]([O-])[O-].[O-][Cl+2]([O-])[O-].[O-][Cl+2]([O-])[O-].[Yb+3]. The van der Waals surface area contributed by atoms with Gasteiger partial charge < -0.3 is 41.9 Å². The van der Waals surface area contributed by atoms with Gasteiger partial charge in [-0.05, 0) is 0 Å². The van der Waals surface area contributed by atoms with E-state index in [1.165, 1.54) is 0 Å². The monoisotopic (exact) mass is 423 g/mol. The Morgan fingerprint density at radius 3 is 0.385 bits per heavy atom. The maximum absolute atomic E-state index is 8.41. The molecule has 1 radical (unpaired) electrons. The van der Waals surface area contributed by atoms with Gasteiger partial charge in [-0.15, -0.1) is 0 Å². The van der Waals surface area contributed by atoms with Crippen LogP contribution in [0.1, 0.15) is 0 Å². The smallest absolute Gasteiger partial charge is 0.357 e. The van der Waals surface area contributed by atoms with Crippen LogP contribution in [-0.2, 0) is 0 Å². The van der Waals surface area contributed by atoms with E-state index in [1.54, 1.807) is 0 Å². The zero-order valence-corrected chi connectivity index (χ0v) is 9.06. The predicted octanol–water partition coefficient (Wildman–Crippen LogP) is -10.7. The fraction of sp³-hybridized carbons (Fsp3) is 0. The van der Waals surface area contributed by atoms with E-state index < -0.39 is 32.4 Å². The van der Waals surface area contributed by atoms with Crippen LogP contribution in [0.3, 0.4) is 0 Å². The first-order chi connectivity index (χ1) is 5.20. The van der Waals surface area contributed by atoms with Gasteiger partial charge in [0.15, 0.2) is 0 Å². The second-order valence-electron chi connectivity index (χ2n) is 0.567. The molecule has 0 spiro atoms. The molecule has 0 atom stereocenters. The van der Waals surface area contributed by atoms with Gasteiger partial charge >= 0.3 is 46.9 Å². The summed E-state index contributed by atoms with van der Waals surface area (Å²) in [7, 11) is -8.56. The maximum atomic E-state index is 8.41. The molecule has 0 saturated carbocycles. The average Bonchev–Trinajstić information content (AvgIpc) is 1.54. The second-order valence-corrected chi connectivity index (χ2v) is 1.70. The summed E-state index contributed by atoms with van der Waals surface area (Å²) in [4.78, 5) is 0. The topological polar surface area (TPSA) is 208 Å². The molecule has 0 aliphatic heterocycles. The Bertz CT molecular complexity index is 43.4. The Hall–Kier alpha value is 2.03. The van der Waals surface area contributed by atoms with E-state index in [-0.39, 0.29) is 46.9 Å². The van der Waals surface area contributed by atoms with E-state index in [1.807, 2.05) is 0 Å². The van der Waals surface area contributed by atoms with E-state index >= 15 is 0 Å². The van der Waals surface area contributed by atoms with Crippen molar-refractivity contribution in [3.8, 4) is 0 Å². The van der Waals surface area contributed by atoms with Crippen LogP contribution in [0.2, 0.25) is 0 Å². The first-order valence-electron chi connectivity index (χ1n) is 1.39. The van der Waals surface area contributed by atoms with Gasteiger partial charge in [-0.25, -0.2) is 0 Å². The molecule has 0 aliphatic carbocycles. The van der Waals surface area contributed by atoms with Gasteiger partial charge in [0.05, 0.1) is 32.4 Å². The van der Waals surface area contributed by atoms with Crippen molar-refractivity contribution in [1.29, 1.82) is 0 Å². The third kappa shape index (κ3) is 493.